The summed E-state index contributed by atoms with van der Waals surface area (Å²) in [6, 6.07) is 1.92. The van der Waals surface area contributed by atoms with Crippen LogP contribution in [0.25, 0.3) is 5.57 Å². The van der Waals surface area contributed by atoms with Crippen molar-refractivity contribution in [3.63, 3.8) is 0 Å². The molecule has 1 N–H and O–H groups in total. The average Bonchev–Trinajstić information content (AvgIpc) is 2.49. The van der Waals surface area contributed by atoms with Crippen LogP contribution in [-0.2, 0) is 6.42 Å². The third-order valence-electron chi connectivity index (χ3n) is 2.32. The Balaban J connectivity index is 2.53. The average molecular weight is 161 g/mol. The number of nitrogens with one attached hydrogen (secondary N) is 1. The number of aldehydes is 1. The summed E-state index contributed by atoms with van der Waals surface area (Å²) in [5.41, 5.74) is 4.38. The number of fused-ring (bicyclic) bond motifs is 1. The summed E-state index contributed by atoms with van der Waals surface area (Å²) >= 11 is 0. The fourth-order valence-electron chi connectivity index (χ4n) is 1.68. The van der Waals surface area contributed by atoms with Crippen LogP contribution >= 0.6 is 0 Å². The topological polar surface area (TPSA) is 32.9 Å². The molecule has 2 rings (SSSR count). The molecule has 0 spiro atoms. The smallest absolute Gasteiger partial charge is 0.166 e. The zero-order chi connectivity index (χ0) is 8.55. The van der Waals surface area contributed by atoms with E-state index in [0.717, 1.165) is 19.1 Å². The third kappa shape index (κ3) is 0.998. The molecule has 62 valence electrons. The van der Waals surface area contributed by atoms with E-state index in [1.165, 1.54) is 16.8 Å². The Hall–Kier alpha value is -1.31. The molecule has 0 aromatic carbocycles. The Morgan fingerprint density at radius 1 is 1.58 bits per heavy atom. The normalized spacial score (nSPS) is 15.2. The Kier molecular flexibility index (Phi) is 1.61. The van der Waals surface area contributed by atoms with Crippen LogP contribution in [0.1, 0.15) is 35.1 Å². The van der Waals surface area contributed by atoms with Crippen LogP contribution in [0, 0.1) is 0 Å². The summed E-state index contributed by atoms with van der Waals surface area (Å²) in [5, 5.41) is 0. The van der Waals surface area contributed by atoms with Crippen LogP contribution in [0.15, 0.2) is 12.1 Å². The van der Waals surface area contributed by atoms with E-state index in [1.54, 1.807) is 0 Å². The summed E-state index contributed by atoms with van der Waals surface area (Å²) in [6.45, 7) is 2.08. The van der Waals surface area contributed by atoms with E-state index < -0.39 is 0 Å². The van der Waals surface area contributed by atoms with E-state index in [0.29, 0.717) is 5.69 Å². The second-order valence-corrected chi connectivity index (χ2v) is 3.16. The largest absolute Gasteiger partial charge is 0.356 e. The van der Waals surface area contributed by atoms with Gasteiger partial charge in [0.1, 0.15) is 0 Å². The number of carbonyl (C=O) groups is 1. The van der Waals surface area contributed by atoms with E-state index >= 15 is 0 Å². The first-order valence-electron chi connectivity index (χ1n) is 4.15. The number of hydrogen-bond acceptors (Lipinski definition) is 1. The number of carbonyl (C=O) groups excluding carboxylic acids is 1. The van der Waals surface area contributed by atoms with Gasteiger partial charge in [0.2, 0.25) is 0 Å². The third-order valence-corrected chi connectivity index (χ3v) is 2.32. The minimum atomic E-state index is 0.689. The van der Waals surface area contributed by atoms with Crippen LogP contribution < -0.4 is 0 Å². The van der Waals surface area contributed by atoms with Gasteiger partial charge in [0.15, 0.2) is 6.29 Å². The Bertz CT molecular complexity index is 347. The molecule has 0 saturated carbocycles. The highest BCUT2D eigenvalue weighted by Gasteiger charge is 2.11. The summed E-state index contributed by atoms with van der Waals surface area (Å²) < 4.78 is 0. The van der Waals surface area contributed by atoms with Gasteiger partial charge in [0.25, 0.3) is 0 Å². The zero-order valence-corrected chi connectivity index (χ0v) is 7.05. The maximum absolute atomic E-state index is 10.5. The number of aromatic nitrogens is 1. The van der Waals surface area contributed by atoms with Gasteiger partial charge in [-0.25, -0.2) is 0 Å². The standard InChI is InChI=1S/C10H11NO/c1-7-3-2-4-10-9(7)5-8(6-12)11-10/h3,5-6,11H,2,4H2,1H3. The van der Waals surface area contributed by atoms with Crippen molar-refractivity contribution in [2.24, 2.45) is 0 Å². The number of rotatable bonds is 1. The SMILES string of the molecule is CC1=CCCc2[nH]c(C=O)cc21. The molecule has 0 atom stereocenters. The minimum absolute atomic E-state index is 0.689. The first kappa shape index (κ1) is 7.35. The number of aromatic amines is 1. The van der Waals surface area contributed by atoms with Crippen LogP contribution in [0.3, 0.4) is 0 Å². The van der Waals surface area contributed by atoms with Crippen LogP contribution in [0.2, 0.25) is 0 Å². The Labute approximate surface area is 71.3 Å². The molecule has 0 amide bonds. The first-order chi connectivity index (χ1) is 5.81. The molecule has 0 fully saturated rings. The molecule has 0 radical (unpaired) electrons. The van der Waals surface area contributed by atoms with E-state index in [2.05, 4.69) is 18.0 Å². The Morgan fingerprint density at radius 3 is 3.08 bits per heavy atom. The molecule has 1 aliphatic rings. The molecule has 2 heteroatoms. The van der Waals surface area contributed by atoms with Crippen molar-refractivity contribution >= 4 is 11.9 Å². The van der Waals surface area contributed by atoms with Crippen LogP contribution in [0.4, 0.5) is 0 Å². The van der Waals surface area contributed by atoms with Crippen molar-refractivity contribution in [2.75, 3.05) is 0 Å². The minimum Gasteiger partial charge on any atom is -0.356 e. The molecule has 1 aromatic rings. The first-order valence-corrected chi connectivity index (χ1v) is 4.15. The van der Waals surface area contributed by atoms with Gasteiger partial charge in [-0.2, -0.15) is 0 Å². The molecule has 2 nitrogen and oxygen atoms in total. The summed E-state index contributed by atoms with van der Waals surface area (Å²) in [7, 11) is 0. The zero-order valence-electron chi connectivity index (χ0n) is 7.05. The molecule has 0 bridgehead atoms. The molecule has 0 saturated heterocycles. The van der Waals surface area contributed by atoms with E-state index in [-0.39, 0.29) is 0 Å². The molecule has 12 heavy (non-hydrogen) atoms. The van der Waals surface area contributed by atoms with Gasteiger partial charge >= 0.3 is 0 Å². The van der Waals surface area contributed by atoms with Gasteiger partial charge in [-0.3, -0.25) is 4.79 Å². The van der Waals surface area contributed by atoms with E-state index in [4.69, 9.17) is 0 Å². The molecule has 1 heterocycles. The molecule has 0 aliphatic heterocycles. The lowest BCUT2D eigenvalue weighted by Gasteiger charge is -2.08. The summed E-state index contributed by atoms with van der Waals surface area (Å²) in [6.07, 6.45) is 5.19. The molecule has 1 aliphatic carbocycles. The van der Waals surface area contributed by atoms with E-state index in [1.807, 2.05) is 6.07 Å². The lowest BCUT2D eigenvalue weighted by Crippen LogP contribution is -1.94. The van der Waals surface area contributed by atoms with Gasteiger partial charge in [-0.1, -0.05) is 6.08 Å². The lowest BCUT2D eigenvalue weighted by molar-refractivity contribution is 0.111. The Morgan fingerprint density at radius 2 is 2.42 bits per heavy atom. The number of aryl methyl sites for hydroxylation is 1. The maximum atomic E-state index is 10.5. The number of hydrogen-bond donors (Lipinski definition) is 1. The van der Waals surface area contributed by atoms with Crippen molar-refractivity contribution in [1.29, 1.82) is 0 Å². The summed E-state index contributed by atoms with van der Waals surface area (Å²) in [4.78, 5) is 13.6. The van der Waals surface area contributed by atoms with Crippen molar-refractivity contribution in [3.8, 4) is 0 Å². The van der Waals surface area contributed by atoms with Crippen molar-refractivity contribution in [1.82, 2.24) is 4.98 Å². The molecular weight excluding hydrogens is 150 g/mol. The van der Waals surface area contributed by atoms with Gasteiger partial charge in [-0.05, 0) is 37.0 Å². The predicted molar refractivity (Wildman–Crippen MR) is 48.2 cm³/mol. The fourth-order valence-corrected chi connectivity index (χ4v) is 1.68. The predicted octanol–water partition coefficient (Wildman–Crippen LogP) is 2.18. The highest BCUT2D eigenvalue weighted by molar-refractivity contribution is 5.78. The number of H-pyrrole nitrogens is 1. The number of allylic oxidation sites excluding steroid dienone is 2. The van der Waals surface area contributed by atoms with Gasteiger partial charge in [0.05, 0.1) is 5.69 Å². The molecular formula is C10H11NO. The van der Waals surface area contributed by atoms with E-state index in [9.17, 15) is 4.79 Å². The quantitative estimate of drug-likeness (QED) is 0.629. The van der Waals surface area contributed by atoms with Gasteiger partial charge in [0, 0.05) is 5.69 Å². The van der Waals surface area contributed by atoms with Crippen molar-refractivity contribution in [3.05, 3.63) is 29.1 Å². The fraction of sp³-hybridized carbons (Fsp3) is 0.300. The van der Waals surface area contributed by atoms with Gasteiger partial charge < -0.3 is 4.98 Å². The second-order valence-electron chi connectivity index (χ2n) is 3.16. The highest BCUT2D eigenvalue weighted by atomic mass is 16.1. The highest BCUT2D eigenvalue weighted by Crippen LogP contribution is 2.25. The van der Waals surface area contributed by atoms with Gasteiger partial charge in [-0.15, -0.1) is 0 Å². The van der Waals surface area contributed by atoms with Crippen molar-refractivity contribution < 1.29 is 4.79 Å². The summed E-state index contributed by atoms with van der Waals surface area (Å²) in [5.74, 6) is 0. The monoisotopic (exact) mass is 161 g/mol. The maximum Gasteiger partial charge on any atom is 0.166 e. The molecule has 0 unspecified atom stereocenters. The molecule has 1 aromatic heterocycles. The van der Waals surface area contributed by atoms with Crippen LogP contribution in [-0.4, -0.2) is 11.3 Å². The van der Waals surface area contributed by atoms with Crippen LogP contribution in [0.5, 0.6) is 0 Å². The lowest BCUT2D eigenvalue weighted by atomic mass is 9.98. The second kappa shape index (κ2) is 2.63. The van der Waals surface area contributed by atoms with Crippen molar-refractivity contribution in [2.45, 2.75) is 19.8 Å².